The van der Waals surface area contributed by atoms with Gasteiger partial charge in [-0.3, -0.25) is 9.59 Å². The van der Waals surface area contributed by atoms with Crippen molar-refractivity contribution in [2.45, 2.75) is 38.8 Å². The van der Waals surface area contributed by atoms with Gasteiger partial charge >= 0.3 is 5.97 Å². The molecule has 7 heteroatoms. The number of carboxylic acids is 1. The van der Waals surface area contributed by atoms with Crippen molar-refractivity contribution in [3.63, 3.8) is 0 Å². The van der Waals surface area contributed by atoms with Crippen molar-refractivity contribution in [3.05, 3.63) is 64.1 Å². The molecule has 2 N–H and O–H groups in total. The van der Waals surface area contributed by atoms with Crippen LogP contribution in [-0.2, 0) is 11.3 Å². The van der Waals surface area contributed by atoms with E-state index >= 15 is 0 Å². The fraction of sp³-hybridized carbons (Fsp3) is 0.333. The number of unbranched alkanes of at least 4 members (excludes halogenated alkanes) is 1. The molecule has 0 aliphatic heterocycles. The van der Waals surface area contributed by atoms with E-state index in [4.69, 9.17) is 0 Å². The zero-order valence-electron chi connectivity index (χ0n) is 14.0. The van der Waals surface area contributed by atoms with Crippen molar-refractivity contribution < 1.29 is 14.7 Å². The van der Waals surface area contributed by atoms with Gasteiger partial charge in [-0.2, -0.15) is 5.10 Å². The Balaban J connectivity index is 2.16. The van der Waals surface area contributed by atoms with Crippen molar-refractivity contribution in [1.82, 2.24) is 15.1 Å². The van der Waals surface area contributed by atoms with Crippen LogP contribution in [-0.4, -0.2) is 32.8 Å². The van der Waals surface area contributed by atoms with Crippen LogP contribution in [0.5, 0.6) is 0 Å². The van der Waals surface area contributed by atoms with E-state index in [9.17, 15) is 19.5 Å². The maximum atomic E-state index is 12.3. The van der Waals surface area contributed by atoms with Crippen LogP contribution in [0, 0.1) is 0 Å². The number of nitrogens with zero attached hydrogens (tertiary/aromatic N) is 2. The van der Waals surface area contributed by atoms with Crippen LogP contribution in [0.25, 0.3) is 0 Å². The van der Waals surface area contributed by atoms with Crippen LogP contribution in [0.2, 0.25) is 0 Å². The van der Waals surface area contributed by atoms with Gasteiger partial charge in [0.2, 0.25) is 0 Å². The number of carboxylic acid groups (broad SMARTS) is 1. The summed E-state index contributed by atoms with van der Waals surface area (Å²) in [7, 11) is 0. The summed E-state index contributed by atoms with van der Waals surface area (Å²) in [5.74, 6) is -1.69. The lowest BCUT2D eigenvalue weighted by atomic mass is 10.1. The molecule has 1 amide bonds. The summed E-state index contributed by atoms with van der Waals surface area (Å²) in [5, 5.41) is 15.7. The minimum absolute atomic E-state index is 0.0123. The quantitative estimate of drug-likeness (QED) is 0.759. The molecule has 2 rings (SSSR count). The molecule has 2 aromatic rings. The minimum Gasteiger partial charge on any atom is -0.480 e. The highest BCUT2D eigenvalue weighted by Crippen LogP contribution is 2.03. The zero-order valence-corrected chi connectivity index (χ0v) is 14.0. The van der Waals surface area contributed by atoms with Crippen molar-refractivity contribution in [3.8, 4) is 0 Å². The number of hydrogen-bond donors (Lipinski definition) is 2. The van der Waals surface area contributed by atoms with E-state index in [1.165, 1.54) is 16.8 Å². The number of nitrogens with one attached hydrogen (secondary N) is 1. The van der Waals surface area contributed by atoms with Gasteiger partial charge in [0.25, 0.3) is 11.5 Å². The van der Waals surface area contributed by atoms with Crippen LogP contribution < -0.4 is 10.9 Å². The molecule has 1 aromatic carbocycles. The lowest BCUT2D eigenvalue weighted by molar-refractivity contribution is -0.139. The first-order valence-corrected chi connectivity index (χ1v) is 8.17. The molecular formula is C18H21N3O4. The summed E-state index contributed by atoms with van der Waals surface area (Å²) in [6, 6.07) is 10.9. The number of rotatable bonds is 8. The molecule has 1 heterocycles. The summed E-state index contributed by atoms with van der Waals surface area (Å²) >= 11 is 0. The fourth-order valence-corrected chi connectivity index (χ4v) is 2.34. The Morgan fingerprint density at radius 3 is 2.56 bits per heavy atom. The van der Waals surface area contributed by atoms with Crippen molar-refractivity contribution in [1.29, 1.82) is 0 Å². The van der Waals surface area contributed by atoms with Gasteiger partial charge in [-0.25, -0.2) is 9.48 Å². The number of aliphatic carboxylic acids is 1. The van der Waals surface area contributed by atoms with Gasteiger partial charge in [-0.15, -0.1) is 0 Å². The Labute approximate surface area is 145 Å². The van der Waals surface area contributed by atoms with Crippen LogP contribution in [0.15, 0.2) is 47.3 Å². The van der Waals surface area contributed by atoms with Crippen LogP contribution in [0.4, 0.5) is 0 Å². The first-order chi connectivity index (χ1) is 12.0. The maximum absolute atomic E-state index is 12.3. The molecule has 0 saturated heterocycles. The highest BCUT2D eigenvalue weighted by atomic mass is 16.4. The highest BCUT2D eigenvalue weighted by Gasteiger charge is 2.21. The smallest absolute Gasteiger partial charge is 0.326 e. The third-order valence-corrected chi connectivity index (χ3v) is 3.72. The monoisotopic (exact) mass is 343 g/mol. The van der Waals surface area contributed by atoms with E-state index in [-0.39, 0.29) is 17.8 Å². The normalized spacial score (nSPS) is 11.7. The van der Waals surface area contributed by atoms with Gasteiger partial charge in [-0.05, 0) is 18.1 Å². The second-order valence-corrected chi connectivity index (χ2v) is 5.71. The van der Waals surface area contributed by atoms with Gasteiger partial charge < -0.3 is 10.4 Å². The summed E-state index contributed by atoms with van der Waals surface area (Å²) in [4.78, 5) is 35.5. The third-order valence-electron chi connectivity index (χ3n) is 3.72. The van der Waals surface area contributed by atoms with E-state index < -0.39 is 17.9 Å². The van der Waals surface area contributed by atoms with Crippen molar-refractivity contribution >= 4 is 11.9 Å². The van der Waals surface area contributed by atoms with Gasteiger partial charge in [0, 0.05) is 6.07 Å². The summed E-state index contributed by atoms with van der Waals surface area (Å²) in [6.07, 6.45) is 1.87. The average Bonchev–Trinajstić information content (AvgIpc) is 2.61. The molecule has 132 valence electrons. The second kappa shape index (κ2) is 8.77. The Bertz CT molecular complexity index is 786. The van der Waals surface area contributed by atoms with E-state index in [0.717, 1.165) is 12.0 Å². The molecule has 1 unspecified atom stereocenters. The Morgan fingerprint density at radius 2 is 1.92 bits per heavy atom. The van der Waals surface area contributed by atoms with E-state index in [1.54, 1.807) is 0 Å². The van der Waals surface area contributed by atoms with Gasteiger partial charge in [0.05, 0.1) is 6.54 Å². The molecule has 0 radical (unpaired) electrons. The lowest BCUT2D eigenvalue weighted by Gasteiger charge is -2.14. The molecule has 1 aromatic heterocycles. The molecule has 1 atom stereocenters. The van der Waals surface area contributed by atoms with E-state index in [1.807, 2.05) is 37.3 Å². The third kappa shape index (κ3) is 5.27. The Morgan fingerprint density at radius 1 is 1.20 bits per heavy atom. The van der Waals surface area contributed by atoms with Crippen molar-refractivity contribution in [2.75, 3.05) is 0 Å². The molecule has 25 heavy (non-hydrogen) atoms. The number of carbonyl (C=O) groups excluding carboxylic acids is 1. The van der Waals surface area contributed by atoms with Crippen molar-refractivity contribution in [2.24, 2.45) is 0 Å². The van der Waals surface area contributed by atoms with E-state index in [2.05, 4.69) is 10.4 Å². The Hall–Kier alpha value is -2.96. The molecule has 0 spiro atoms. The number of benzene rings is 1. The Kier molecular flexibility index (Phi) is 6.45. The molecule has 0 fully saturated rings. The predicted octanol–water partition coefficient (Wildman–Crippen LogP) is 1.66. The molecule has 0 bridgehead atoms. The number of aromatic nitrogens is 2. The zero-order chi connectivity index (χ0) is 18.2. The molecular weight excluding hydrogens is 322 g/mol. The van der Waals surface area contributed by atoms with Gasteiger partial charge in [-0.1, -0.05) is 50.1 Å². The van der Waals surface area contributed by atoms with E-state index in [0.29, 0.717) is 12.8 Å². The molecule has 0 saturated carbocycles. The molecule has 0 aliphatic rings. The predicted molar refractivity (Wildman–Crippen MR) is 92.5 cm³/mol. The topological polar surface area (TPSA) is 101 Å². The number of amides is 1. The summed E-state index contributed by atoms with van der Waals surface area (Å²) in [5.41, 5.74) is 0.556. The summed E-state index contributed by atoms with van der Waals surface area (Å²) in [6.45, 7) is 2.18. The standard InChI is InChI=1S/C18H21N3O4/c1-2-3-9-15(18(24)25)19-17(23)14-10-11-16(22)21(20-14)12-13-7-5-4-6-8-13/h4-8,10-11,15H,2-3,9,12H2,1H3,(H,19,23)(H,24,25). The van der Waals surface area contributed by atoms with Gasteiger partial charge in [0.15, 0.2) is 0 Å². The number of carbonyl (C=O) groups is 2. The van der Waals surface area contributed by atoms with Crippen LogP contribution >= 0.6 is 0 Å². The average molecular weight is 343 g/mol. The minimum atomic E-state index is -1.08. The lowest BCUT2D eigenvalue weighted by Crippen LogP contribution is -2.41. The summed E-state index contributed by atoms with van der Waals surface area (Å²) < 4.78 is 1.19. The maximum Gasteiger partial charge on any atom is 0.326 e. The first kappa shape index (κ1) is 18.4. The SMILES string of the molecule is CCCCC(NC(=O)c1ccc(=O)n(Cc2ccccc2)n1)C(=O)O. The molecule has 7 nitrogen and oxygen atoms in total. The van der Waals surface area contributed by atoms with Crippen LogP contribution in [0.3, 0.4) is 0 Å². The van der Waals surface area contributed by atoms with Crippen LogP contribution in [0.1, 0.15) is 42.2 Å². The second-order valence-electron chi connectivity index (χ2n) is 5.71. The first-order valence-electron chi connectivity index (χ1n) is 8.17. The number of hydrogen-bond acceptors (Lipinski definition) is 4. The largest absolute Gasteiger partial charge is 0.480 e. The fourth-order valence-electron chi connectivity index (χ4n) is 2.34. The van der Waals surface area contributed by atoms with Gasteiger partial charge in [0.1, 0.15) is 11.7 Å². The highest BCUT2D eigenvalue weighted by molar-refractivity contribution is 5.94. The molecule has 0 aliphatic carbocycles.